The van der Waals surface area contributed by atoms with E-state index < -0.39 is 18.3 Å². The van der Waals surface area contributed by atoms with Crippen molar-refractivity contribution in [2.75, 3.05) is 0 Å². The molecule has 0 fully saturated rings. The molecule has 0 atom stereocenters. The summed E-state index contributed by atoms with van der Waals surface area (Å²) in [5.74, 6) is 1.12. The fourth-order valence-electron chi connectivity index (χ4n) is 11.0. The summed E-state index contributed by atoms with van der Waals surface area (Å²) < 4.78 is 9.05. The van der Waals surface area contributed by atoms with Crippen molar-refractivity contribution in [2.24, 2.45) is 11.8 Å². The molecule has 0 N–H and O–H groups in total. The van der Waals surface area contributed by atoms with Gasteiger partial charge in [0.1, 0.15) is 0 Å². The van der Waals surface area contributed by atoms with Gasteiger partial charge in [0.05, 0.1) is 0 Å². The van der Waals surface area contributed by atoms with Gasteiger partial charge in [-0.05, 0) is 0 Å². The van der Waals surface area contributed by atoms with Gasteiger partial charge in [0.15, 0.2) is 0 Å². The topological polar surface area (TPSA) is 0 Å². The minimum atomic E-state index is -4.28. The summed E-state index contributed by atoms with van der Waals surface area (Å²) in [4.78, 5) is 0. The summed E-state index contributed by atoms with van der Waals surface area (Å²) in [7, 11) is 0. The molecule has 0 amide bonds. The average molecular weight is 826 g/mol. The number of benzene rings is 4. The Bertz CT molecular complexity index is 2070. The van der Waals surface area contributed by atoms with Crippen LogP contribution in [-0.4, -0.2) is 4.21 Å². The number of allylic oxidation sites excluding steroid dienone is 4. The second-order valence-electron chi connectivity index (χ2n) is 23.2. The molecule has 0 saturated carbocycles. The summed E-state index contributed by atoms with van der Waals surface area (Å²) in [5, 5.41) is 0. The van der Waals surface area contributed by atoms with Gasteiger partial charge in [-0.2, -0.15) is 0 Å². The zero-order chi connectivity index (χ0) is 41.4. The molecule has 56 heavy (non-hydrogen) atoms. The van der Waals surface area contributed by atoms with Crippen LogP contribution in [0, 0.1) is 11.8 Å². The Labute approximate surface area is 343 Å². The molecule has 0 bridgehead atoms. The first-order valence-electron chi connectivity index (χ1n) is 21.7. The van der Waals surface area contributed by atoms with Gasteiger partial charge in [0.25, 0.3) is 0 Å². The van der Waals surface area contributed by atoms with Crippen LogP contribution in [0.2, 0.25) is 11.9 Å². The second kappa shape index (κ2) is 14.4. The number of hydrogen-bond acceptors (Lipinski definition) is 0. The molecule has 0 radical (unpaired) electrons. The molecule has 0 aromatic heterocycles. The number of hydrogen-bond donors (Lipinski definition) is 0. The monoisotopic (exact) mass is 824 g/mol. The van der Waals surface area contributed by atoms with Crippen LogP contribution < -0.4 is 0 Å². The molecule has 298 valence electrons. The third-order valence-electron chi connectivity index (χ3n) is 13.3. The van der Waals surface area contributed by atoms with Crippen LogP contribution in [0.3, 0.4) is 0 Å². The number of rotatable bonds is 8. The summed E-state index contributed by atoms with van der Waals surface area (Å²) in [6.07, 6.45) is 9.78. The van der Waals surface area contributed by atoms with E-state index in [0.29, 0.717) is 19.1 Å². The van der Waals surface area contributed by atoms with Gasteiger partial charge in [-0.1, -0.05) is 0 Å². The van der Waals surface area contributed by atoms with Gasteiger partial charge in [0.2, 0.25) is 0 Å². The molecule has 0 spiro atoms. The first-order valence-corrected chi connectivity index (χ1v) is 29.8. The Morgan fingerprint density at radius 1 is 0.482 bits per heavy atom. The molecule has 0 unspecified atom stereocenters. The molecule has 2 aliphatic carbocycles. The first-order chi connectivity index (χ1) is 25.7. The molecule has 4 aromatic carbocycles. The van der Waals surface area contributed by atoms with Crippen LogP contribution in [0.15, 0.2) is 97.1 Å². The predicted octanol–water partition coefficient (Wildman–Crippen LogP) is 16.5. The molecule has 1 heteroatoms. The van der Waals surface area contributed by atoms with Crippen molar-refractivity contribution in [2.45, 2.75) is 148 Å². The van der Waals surface area contributed by atoms with Gasteiger partial charge in [-0.15, -0.1) is 0 Å². The Hall–Kier alpha value is -2.89. The summed E-state index contributed by atoms with van der Waals surface area (Å²) in [6.45, 7) is 38.2. The van der Waals surface area contributed by atoms with Crippen molar-refractivity contribution in [1.82, 2.24) is 0 Å². The Morgan fingerprint density at radius 2 is 0.821 bits per heavy atom. The molecule has 6 rings (SSSR count). The van der Waals surface area contributed by atoms with Gasteiger partial charge < -0.3 is 0 Å². The maximum absolute atomic E-state index is 5.87. The van der Waals surface area contributed by atoms with Crippen molar-refractivity contribution >= 4 is 4.21 Å². The molecule has 4 aromatic rings. The third kappa shape index (κ3) is 7.82. The van der Waals surface area contributed by atoms with Crippen LogP contribution in [0.25, 0.3) is 33.4 Å². The minimum absolute atomic E-state index is 0.0395. The Kier molecular flexibility index (Phi) is 11.0. The van der Waals surface area contributed by atoms with Crippen LogP contribution in [-0.2, 0) is 40.0 Å². The fourth-order valence-corrected chi connectivity index (χ4v) is 33.6. The molecular formula is C55H74Zr. The Balaban J connectivity index is 1.77. The molecule has 2 aliphatic rings. The van der Waals surface area contributed by atoms with E-state index in [-0.39, 0.29) is 21.7 Å². The van der Waals surface area contributed by atoms with E-state index in [0.717, 1.165) is 0 Å². The zero-order valence-electron chi connectivity index (χ0n) is 38.2. The van der Waals surface area contributed by atoms with Gasteiger partial charge in [-0.25, -0.2) is 0 Å². The van der Waals surface area contributed by atoms with Gasteiger partial charge >= 0.3 is 346 Å². The predicted molar refractivity (Wildman–Crippen MR) is 248 cm³/mol. The summed E-state index contributed by atoms with van der Waals surface area (Å²) in [5.41, 5.74) is 17.2. The molecule has 0 aliphatic heterocycles. The van der Waals surface area contributed by atoms with Crippen molar-refractivity contribution < 1.29 is 18.3 Å². The summed E-state index contributed by atoms with van der Waals surface area (Å²) >= 11 is -4.28. The SMILES string of the molecule is [CH2]=[Zr]([CH2]C(C)C)([CH2]C(C)C)([CH]1C=CC=C1)[CH]1c2cc(-c3ccc(C(C)(C)C)cc3)c(C(C)(C)C)cc2-c2cc(C(C)(C)C)c(-c3ccc(C(C)(C)C)cc3)cc21. The van der Waals surface area contributed by atoms with E-state index in [1.54, 1.807) is 11.1 Å². The van der Waals surface area contributed by atoms with Crippen molar-refractivity contribution in [3.05, 3.63) is 130 Å². The van der Waals surface area contributed by atoms with Crippen LogP contribution >= 0.6 is 0 Å². The Morgan fingerprint density at radius 3 is 1.11 bits per heavy atom. The summed E-state index contributed by atoms with van der Waals surface area (Å²) in [6, 6.07) is 29.7. The van der Waals surface area contributed by atoms with E-state index in [2.05, 4.69) is 208 Å². The van der Waals surface area contributed by atoms with E-state index >= 15 is 0 Å². The van der Waals surface area contributed by atoms with E-state index in [1.165, 1.54) is 63.9 Å². The fraction of sp³-hybridized carbons (Fsp3) is 0.473. The van der Waals surface area contributed by atoms with Crippen LogP contribution in [0.4, 0.5) is 0 Å². The molecule has 0 heterocycles. The van der Waals surface area contributed by atoms with Crippen molar-refractivity contribution in [1.29, 1.82) is 0 Å². The second-order valence-corrected chi connectivity index (χ2v) is 38.8. The van der Waals surface area contributed by atoms with Crippen molar-refractivity contribution in [3.63, 3.8) is 0 Å². The van der Waals surface area contributed by atoms with Crippen LogP contribution in [0.5, 0.6) is 0 Å². The third-order valence-corrected chi connectivity index (χ3v) is 33.2. The van der Waals surface area contributed by atoms with E-state index in [9.17, 15) is 0 Å². The molecule has 0 saturated heterocycles. The van der Waals surface area contributed by atoms with Gasteiger partial charge in [-0.3, -0.25) is 0 Å². The maximum atomic E-state index is 5.87. The number of fused-ring (bicyclic) bond motifs is 3. The molecular weight excluding hydrogens is 752 g/mol. The van der Waals surface area contributed by atoms with E-state index in [1.807, 2.05) is 0 Å². The standard InChI is InChI=1S/C41H49.C5H5.2C4H9.CH2.Zr/c1-38(2,3)30-17-13-26(14-18-30)34-22-28-21-29-23-35(27-15-19-31(20-16-27)39(4,5)6)37(41(10,11)12)25-33(29)32(28)24-36(34)40(7,8)9;1-2-4-5-3-1;2*1-4(2)3;;/h13-25H,1-12H3;1-5H;2*4H,1H2,2-3H3;1H2;. The quantitative estimate of drug-likeness (QED) is 0.166. The van der Waals surface area contributed by atoms with Gasteiger partial charge in [0, 0.05) is 0 Å². The van der Waals surface area contributed by atoms with Crippen LogP contribution in [0.1, 0.15) is 148 Å². The molecule has 0 nitrogen and oxygen atoms in total. The normalized spacial score (nSPS) is 15.7. The average Bonchev–Trinajstić information content (AvgIpc) is 3.73. The van der Waals surface area contributed by atoms with E-state index in [4.69, 9.17) is 4.21 Å². The first kappa shape index (κ1) is 42.7. The zero-order valence-corrected chi connectivity index (χ0v) is 40.6. The van der Waals surface area contributed by atoms with Crippen molar-refractivity contribution in [3.8, 4) is 33.4 Å².